The van der Waals surface area contributed by atoms with Crippen LogP contribution in [0.4, 0.5) is 5.69 Å². The Labute approximate surface area is 201 Å². The number of hydrogen-bond donors (Lipinski definition) is 1. The van der Waals surface area contributed by atoms with Crippen molar-refractivity contribution in [1.29, 1.82) is 0 Å². The Bertz CT molecular complexity index is 1310. The molecule has 7 heteroatoms. The summed E-state index contributed by atoms with van der Waals surface area (Å²) in [5.74, 6) is -1.02. The zero-order chi connectivity index (χ0) is 23.9. The van der Waals surface area contributed by atoms with Gasteiger partial charge in [-0.25, -0.2) is 9.78 Å². The molecule has 0 bridgehead atoms. The van der Waals surface area contributed by atoms with E-state index in [4.69, 9.17) is 4.74 Å². The van der Waals surface area contributed by atoms with Gasteiger partial charge in [0, 0.05) is 22.2 Å². The van der Waals surface area contributed by atoms with Crippen molar-refractivity contribution in [3.63, 3.8) is 0 Å². The zero-order valence-electron chi connectivity index (χ0n) is 18.5. The summed E-state index contributed by atoms with van der Waals surface area (Å²) in [4.78, 5) is 42.2. The highest BCUT2D eigenvalue weighted by Crippen LogP contribution is 2.18. The van der Waals surface area contributed by atoms with Crippen molar-refractivity contribution in [1.82, 2.24) is 4.98 Å². The molecule has 34 heavy (non-hydrogen) atoms. The number of hydrogen-bond acceptors (Lipinski definition) is 6. The van der Waals surface area contributed by atoms with Gasteiger partial charge in [-0.2, -0.15) is 0 Å². The van der Waals surface area contributed by atoms with Gasteiger partial charge in [0.15, 0.2) is 5.78 Å². The second-order valence-electron chi connectivity index (χ2n) is 7.64. The molecule has 4 aromatic rings. The number of amides is 1. The molecule has 0 aliphatic heterocycles. The quantitative estimate of drug-likeness (QED) is 0.282. The molecule has 170 valence electrons. The van der Waals surface area contributed by atoms with Crippen LogP contribution in [0.15, 0.2) is 84.2 Å². The van der Waals surface area contributed by atoms with Crippen molar-refractivity contribution in [2.24, 2.45) is 0 Å². The largest absolute Gasteiger partial charge is 0.456 e. The molecule has 1 amide bonds. The summed E-state index contributed by atoms with van der Waals surface area (Å²) in [6.07, 6.45) is 0.126. The van der Waals surface area contributed by atoms with Gasteiger partial charge in [0.05, 0.1) is 17.7 Å². The summed E-state index contributed by atoms with van der Waals surface area (Å²) in [5.41, 5.74) is 3.36. The lowest BCUT2D eigenvalue weighted by Crippen LogP contribution is -2.14. The van der Waals surface area contributed by atoms with E-state index in [2.05, 4.69) is 10.3 Å². The summed E-state index contributed by atoms with van der Waals surface area (Å²) in [6.45, 7) is 1.93. The zero-order valence-corrected chi connectivity index (χ0v) is 19.3. The van der Waals surface area contributed by atoms with Crippen LogP contribution in [0.3, 0.4) is 0 Å². The van der Waals surface area contributed by atoms with E-state index in [9.17, 15) is 14.4 Å². The van der Waals surface area contributed by atoms with Gasteiger partial charge < -0.3 is 10.1 Å². The Morgan fingerprint density at radius 1 is 0.882 bits per heavy atom. The minimum absolute atomic E-state index is 0.0528. The summed E-state index contributed by atoms with van der Waals surface area (Å²) in [7, 11) is 0. The first kappa shape index (κ1) is 23.1. The molecule has 1 heterocycles. The van der Waals surface area contributed by atoms with E-state index in [1.165, 1.54) is 11.3 Å². The maximum Gasteiger partial charge on any atom is 0.339 e. The molecule has 0 saturated carbocycles. The number of aromatic nitrogens is 1. The molecule has 4 rings (SSSR count). The molecule has 0 fully saturated rings. The average molecular weight is 471 g/mol. The Hall–Kier alpha value is -4.10. The SMILES string of the molecule is Cc1ccc(NC(=O)Cc2nc(COC(=O)c3ccccc3C(=O)c3ccccc3)cs2)cc1. The fraction of sp³-hybridized carbons (Fsp3) is 0.111. The maximum atomic E-state index is 12.8. The Morgan fingerprint density at radius 3 is 2.29 bits per heavy atom. The number of ether oxygens (including phenoxy) is 1. The molecule has 3 aromatic carbocycles. The number of aryl methyl sites for hydroxylation is 1. The predicted octanol–water partition coefficient (Wildman–Crippen LogP) is 5.22. The van der Waals surface area contributed by atoms with E-state index in [-0.39, 0.29) is 35.8 Å². The van der Waals surface area contributed by atoms with Crippen LogP contribution in [-0.2, 0) is 22.6 Å². The van der Waals surface area contributed by atoms with Gasteiger partial charge >= 0.3 is 5.97 Å². The number of benzene rings is 3. The van der Waals surface area contributed by atoms with E-state index >= 15 is 0 Å². The number of nitrogens with one attached hydrogen (secondary N) is 1. The van der Waals surface area contributed by atoms with Gasteiger partial charge in [-0.3, -0.25) is 9.59 Å². The standard InChI is InChI=1S/C27H22N2O4S/c1-18-11-13-20(14-12-18)28-24(30)15-25-29-21(17-34-25)16-33-27(32)23-10-6-5-9-22(23)26(31)19-7-3-2-4-8-19/h2-14,17H,15-16H2,1H3,(H,28,30). The number of thiazole rings is 1. The number of ketones is 1. The van der Waals surface area contributed by atoms with Gasteiger partial charge in [-0.15, -0.1) is 11.3 Å². The van der Waals surface area contributed by atoms with Crippen LogP contribution in [0.25, 0.3) is 0 Å². The monoisotopic (exact) mass is 470 g/mol. The molecule has 0 unspecified atom stereocenters. The third-order valence-corrected chi connectivity index (χ3v) is 5.92. The molecule has 1 N–H and O–H groups in total. The van der Waals surface area contributed by atoms with E-state index in [1.54, 1.807) is 53.9 Å². The summed E-state index contributed by atoms with van der Waals surface area (Å²) in [5, 5.41) is 5.21. The van der Waals surface area contributed by atoms with Crippen molar-refractivity contribution < 1.29 is 19.1 Å². The molecule has 0 aliphatic carbocycles. The van der Waals surface area contributed by atoms with Crippen molar-refractivity contribution in [2.75, 3.05) is 5.32 Å². The van der Waals surface area contributed by atoms with Crippen molar-refractivity contribution in [2.45, 2.75) is 20.0 Å². The van der Waals surface area contributed by atoms with Crippen LogP contribution in [0.2, 0.25) is 0 Å². The lowest BCUT2D eigenvalue weighted by molar-refractivity contribution is -0.115. The van der Waals surface area contributed by atoms with Gasteiger partial charge in [0.2, 0.25) is 5.91 Å². The minimum Gasteiger partial charge on any atom is -0.456 e. The number of anilines is 1. The molecule has 0 radical (unpaired) electrons. The van der Waals surface area contributed by atoms with Crippen LogP contribution >= 0.6 is 11.3 Å². The van der Waals surface area contributed by atoms with E-state index in [1.807, 2.05) is 37.3 Å². The number of carbonyl (C=O) groups is 3. The fourth-order valence-corrected chi connectivity index (χ4v) is 4.07. The number of rotatable bonds is 8. The third-order valence-electron chi connectivity index (χ3n) is 5.03. The Kier molecular flexibility index (Phi) is 7.25. The molecule has 0 atom stereocenters. The average Bonchev–Trinajstić information content (AvgIpc) is 3.31. The normalized spacial score (nSPS) is 10.5. The molecule has 1 aromatic heterocycles. The van der Waals surface area contributed by atoms with Crippen LogP contribution in [0, 0.1) is 6.92 Å². The second kappa shape index (κ2) is 10.7. The predicted molar refractivity (Wildman–Crippen MR) is 131 cm³/mol. The first-order valence-corrected chi connectivity index (χ1v) is 11.5. The maximum absolute atomic E-state index is 12.8. The highest BCUT2D eigenvalue weighted by Gasteiger charge is 2.19. The van der Waals surface area contributed by atoms with E-state index < -0.39 is 5.97 Å². The molecule has 6 nitrogen and oxygen atoms in total. The van der Waals surface area contributed by atoms with E-state index in [0.717, 1.165) is 11.3 Å². The minimum atomic E-state index is -0.605. The molecular weight excluding hydrogens is 448 g/mol. The number of esters is 1. The lowest BCUT2D eigenvalue weighted by atomic mass is 9.98. The van der Waals surface area contributed by atoms with E-state index in [0.29, 0.717) is 16.3 Å². The topological polar surface area (TPSA) is 85.4 Å². The molecule has 0 spiro atoms. The smallest absolute Gasteiger partial charge is 0.339 e. The molecule has 0 aliphatic rings. The Balaban J connectivity index is 1.36. The fourth-order valence-electron chi connectivity index (χ4n) is 3.30. The van der Waals surface area contributed by atoms with Crippen molar-refractivity contribution in [3.05, 3.63) is 117 Å². The van der Waals surface area contributed by atoms with Crippen LogP contribution < -0.4 is 5.32 Å². The summed E-state index contributed by atoms with van der Waals surface area (Å²) in [6, 6.07) is 22.9. The van der Waals surface area contributed by atoms with Crippen LogP contribution in [-0.4, -0.2) is 22.6 Å². The van der Waals surface area contributed by atoms with Crippen LogP contribution in [0.5, 0.6) is 0 Å². The number of carbonyl (C=O) groups excluding carboxylic acids is 3. The van der Waals surface area contributed by atoms with Gasteiger partial charge in [0.25, 0.3) is 0 Å². The molecular formula is C27H22N2O4S. The van der Waals surface area contributed by atoms with Gasteiger partial charge in [0.1, 0.15) is 11.6 Å². The third kappa shape index (κ3) is 5.82. The highest BCUT2D eigenvalue weighted by atomic mass is 32.1. The van der Waals surface area contributed by atoms with Crippen molar-refractivity contribution >= 4 is 34.7 Å². The lowest BCUT2D eigenvalue weighted by Gasteiger charge is -2.08. The second-order valence-corrected chi connectivity index (χ2v) is 8.58. The van der Waals surface area contributed by atoms with Crippen LogP contribution in [0.1, 0.15) is 42.5 Å². The molecule has 0 saturated heterocycles. The van der Waals surface area contributed by atoms with Crippen molar-refractivity contribution in [3.8, 4) is 0 Å². The Morgan fingerprint density at radius 2 is 1.56 bits per heavy atom. The summed E-state index contributed by atoms with van der Waals surface area (Å²) < 4.78 is 5.42. The van der Waals surface area contributed by atoms with Gasteiger partial charge in [-0.05, 0) is 25.1 Å². The first-order chi connectivity index (χ1) is 16.5. The highest BCUT2D eigenvalue weighted by molar-refractivity contribution is 7.09. The summed E-state index contributed by atoms with van der Waals surface area (Å²) >= 11 is 1.33. The number of nitrogens with zero attached hydrogens (tertiary/aromatic N) is 1. The van der Waals surface area contributed by atoms with Gasteiger partial charge in [-0.1, -0.05) is 66.2 Å². The first-order valence-electron chi connectivity index (χ1n) is 10.7.